The van der Waals surface area contributed by atoms with Crippen LogP contribution in [-0.2, 0) is 24.2 Å². The van der Waals surface area contributed by atoms with Crippen molar-refractivity contribution in [2.45, 2.75) is 32.7 Å². The third-order valence-electron chi connectivity index (χ3n) is 5.16. The lowest BCUT2D eigenvalue weighted by Crippen LogP contribution is -2.30. The molecule has 2 aromatic heterocycles. The Labute approximate surface area is 171 Å². The summed E-state index contributed by atoms with van der Waals surface area (Å²) >= 11 is 1.54. The molecule has 1 aromatic carbocycles. The van der Waals surface area contributed by atoms with Gasteiger partial charge >= 0.3 is 0 Å². The number of anilines is 1. The number of aryl methyl sites for hydroxylation is 1. The second kappa shape index (κ2) is 7.82. The van der Waals surface area contributed by atoms with Crippen LogP contribution in [0.2, 0.25) is 0 Å². The minimum absolute atomic E-state index is 0.233. The molecule has 0 unspecified atom stereocenters. The number of hydrogen-bond acceptors (Lipinski definition) is 7. The second-order valence-corrected chi connectivity index (χ2v) is 8.28. The summed E-state index contributed by atoms with van der Waals surface area (Å²) in [5.74, 6) is 1.28. The maximum absolute atomic E-state index is 13.0. The number of fused-ring (bicyclic) bond motifs is 3. The lowest BCUT2D eigenvalue weighted by atomic mass is 9.89. The number of benzene rings is 1. The predicted molar refractivity (Wildman–Crippen MR) is 111 cm³/mol. The summed E-state index contributed by atoms with van der Waals surface area (Å²) in [4.78, 5) is 27.4. The van der Waals surface area contributed by atoms with Gasteiger partial charge < -0.3 is 14.8 Å². The van der Waals surface area contributed by atoms with Gasteiger partial charge in [-0.05, 0) is 42.9 Å². The highest BCUT2D eigenvalue weighted by molar-refractivity contribution is 7.18. The number of nitrogens with one attached hydrogen (secondary N) is 1. The second-order valence-electron chi connectivity index (χ2n) is 7.20. The number of rotatable bonds is 5. The minimum Gasteiger partial charge on any atom is -0.497 e. The van der Waals surface area contributed by atoms with E-state index in [1.807, 2.05) is 0 Å². The number of aromatic nitrogens is 3. The third-order valence-corrected chi connectivity index (χ3v) is 6.30. The Morgan fingerprint density at radius 2 is 2.17 bits per heavy atom. The zero-order valence-electron chi connectivity index (χ0n) is 16.5. The Morgan fingerprint density at radius 1 is 1.34 bits per heavy atom. The number of ether oxygens (including phenoxy) is 2. The van der Waals surface area contributed by atoms with Gasteiger partial charge in [0.05, 0.1) is 25.3 Å². The van der Waals surface area contributed by atoms with Gasteiger partial charge in [0.15, 0.2) is 4.83 Å². The zero-order valence-corrected chi connectivity index (χ0v) is 17.3. The van der Waals surface area contributed by atoms with Gasteiger partial charge in [0, 0.05) is 10.9 Å². The Balaban J connectivity index is 1.61. The molecule has 152 valence electrons. The smallest absolute Gasteiger partial charge is 0.279 e. The SMILES string of the molecule is COc1ccc(OC)c(NC(=O)Cn2nnc3sc4c(c3c2=O)CC[C@H](C)C4)c1. The van der Waals surface area contributed by atoms with Crippen molar-refractivity contribution in [3.8, 4) is 11.5 Å². The van der Waals surface area contributed by atoms with Crippen LogP contribution in [0.1, 0.15) is 23.8 Å². The van der Waals surface area contributed by atoms with Crippen LogP contribution in [0.15, 0.2) is 23.0 Å². The molecule has 1 atom stereocenters. The van der Waals surface area contributed by atoms with Crippen molar-refractivity contribution in [3.05, 3.63) is 39.0 Å². The molecular weight excluding hydrogens is 392 g/mol. The van der Waals surface area contributed by atoms with Crippen LogP contribution in [-0.4, -0.2) is 35.1 Å². The Hall–Kier alpha value is -2.94. The van der Waals surface area contributed by atoms with Crippen LogP contribution < -0.4 is 20.3 Å². The van der Waals surface area contributed by atoms with E-state index < -0.39 is 5.91 Å². The Bertz CT molecular complexity index is 1140. The van der Waals surface area contributed by atoms with Gasteiger partial charge in [0.1, 0.15) is 18.0 Å². The summed E-state index contributed by atoms with van der Waals surface area (Å²) < 4.78 is 11.6. The molecule has 4 rings (SSSR count). The monoisotopic (exact) mass is 414 g/mol. The highest BCUT2D eigenvalue weighted by Crippen LogP contribution is 2.35. The first-order chi connectivity index (χ1) is 14.0. The quantitative estimate of drug-likeness (QED) is 0.690. The predicted octanol–water partition coefficient (Wildman–Crippen LogP) is 2.63. The van der Waals surface area contributed by atoms with E-state index in [2.05, 4.69) is 22.6 Å². The first-order valence-corrected chi connectivity index (χ1v) is 10.2. The molecule has 1 amide bonds. The summed E-state index contributed by atoms with van der Waals surface area (Å²) in [7, 11) is 3.06. The number of amides is 1. The van der Waals surface area contributed by atoms with Gasteiger partial charge in [-0.25, -0.2) is 4.68 Å². The van der Waals surface area contributed by atoms with E-state index in [1.165, 1.54) is 23.3 Å². The number of hydrogen-bond donors (Lipinski definition) is 1. The van der Waals surface area contributed by atoms with E-state index in [0.717, 1.165) is 29.5 Å². The summed E-state index contributed by atoms with van der Waals surface area (Å²) in [6, 6.07) is 5.09. The van der Waals surface area contributed by atoms with Gasteiger partial charge in [0.2, 0.25) is 5.91 Å². The van der Waals surface area contributed by atoms with Crippen LogP contribution in [0.4, 0.5) is 5.69 Å². The van der Waals surface area contributed by atoms with Crippen molar-refractivity contribution < 1.29 is 14.3 Å². The topological polar surface area (TPSA) is 95.3 Å². The summed E-state index contributed by atoms with van der Waals surface area (Å²) in [6.07, 6.45) is 2.88. The molecule has 1 N–H and O–H groups in total. The number of nitrogens with zero attached hydrogens (tertiary/aromatic N) is 3. The van der Waals surface area contributed by atoms with Crippen LogP contribution >= 0.6 is 11.3 Å². The molecule has 2 heterocycles. The first kappa shape index (κ1) is 19.4. The number of carbonyl (C=O) groups excluding carboxylic acids is 1. The van der Waals surface area contributed by atoms with Crippen molar-refractivity contribution in [1.29, 1.82) is 0 Å². The van der Waals surface area contributed by atoms with E-state index in [4.69, 9.17) is 9.47 Å². The molecule has 0 spiro atoms. The number of methoxy groups -OCH3 is 2. The lowest BCUT2D eigenvalue weighted by Gasteiger charge is -2.17. The molecule has 8 nitrogen and oxygen atoms in total. The van der Waals surface area contributed by atoms with Gasteiger partial charge in [-0.1, -0.05) is 12.1 Å². The third kappa shape index (κ3) is 3.69. The zero-order chi connectivity index (χ0) is 20.5. The molecule has 0 bridgehead atoms. The fourth-order valence-corrected chi connectivity index (χ4v) is 4.95. The molecule has 9 heteroatoms. The van der Waals surface area contributed by atoms with Crippen LogP contribution in [0, 0.1) is 5.92 Å². The van der Waals surface area contributed by atoms with Crippen LogP contribution in [0.25, 0.3) is 10.2 Å². The van der Waals surface area contributed by atoms with Crippen molar-refractivity contribution in [3.63, 3.8) is 0 Å². The van der Waals surface area contributed by atoms with Crippen LogP contribution in [0.3, 0.4) is 0 Å². The lowest BCUT2D eigenvalue weighted by molar-refractivity contribution is -0.117. The molecule has 0 saturated carbocycles. The van der Waals surface area contributed by atoms with E-state index in [1.54, 1.807) is 25.3 Å². The first-order valence-electron chi connectivity index (χ1n) is 9.40. The molecule has 3 aromatic rings. The Morgan fingerprint density at radius 3 is 2.93 bits per heavy atom. The fourth-order valence-electron chi connectivity index (χ4n) is 3.63. The summed E-state index contributed by atoms with van der Waals surface area (Å²) in [5.41, 5.74) is 1.27. The van der Waals surface area contributed by atoms with Crippen molar-refractivity contribution >= 4 is 33.1 Å². The number of carbonyl (C=O) groups is 1. The minimum atomic E-state index is -0.398. The Kier molecular flexibility index (Phi) is 5.23. The largest absolute Gasteiger partial charge is 0.497 e. The van der Waals surface area contributed by atoms with Crippen molar-refractivity contribution in [2.75, 3.05) is 19.5 Å². The van der Waals surface area contributed by atoms with Crippen LogP contribution in [0.5, 0.6) is 11.5 Å². The van der Waals surface area contributed by atoms with Gasteiger partial charge in [-0.3, -0.25) is 9.59 Å². The summed E-state index contributed by atoms with van der Waals surface area (Å²) in [6.45, 7) is 1.98. The maximum atomic E-state index is 13.0. The highest BCUT2D eigenvalue weighted by Gasteiger charge is 2.24. The molecule has 29 heavy (non-hydrogen) atoms. The molecule has 1 aliphatic carbocycles. The number of thiophene rings is 1. The van der Waals surface area contributed by atoms with E-state index >= 15 is 0 Å². The van der Waals surface area contributed by atoms with E-state index in [9.17, 15) is 9.59 Å². The molecule has 0 aliphatic heterocycles. The highest BCUT2D eigenvalue weighted by atomic mass is 32.1. The van der Waals surface area contributed by atoms with Gasteiger partial charge in [0.25, 0.3) is 5.56 Å². The maximum Gasteiger partial charge on any atom is 0.279 e. The molecule has 0 fully saturated rings. The van der Waals surface area contributed by atoms with E-state index in [-0.39, 0.29) is 12.1 Å². The van der Waals surface area contributed by atoms with E-state index in [0.29, 0.717) is 33.3 Å². The van der Waals surface area contributed by atoms with Crippen molar-refractivity contribution in [1.82, 2.24) is 15.0 Å². The standard InChI is InChI=1S/C20H22N4O4S/c1-11-4-6-13-16(8-11)29-19-18(13)20(26)24(23-22-19)10-17(25)21-14-9-12(27-2)5-7-15(14)28-3/h5,7,9,11H,4,6,8,10H2,1-3H3,(H,21,25)/t11-/m0/s1. The average molecular weight is 414 g/mol. The summed E-state index contributed by atoms with van der Waals surface area (Å²) in [5, 5.41) is 11.5. The average Bonchev–Trinajstić information content (AvgIpc) is 3.08. The molecule has 1 aliphatic rings. The normalized spacial score (nSPS) is 15.8. The molecule has 0 radical (unpaired) electrons. The molecular formula is C20H22N4O4S. The molecule has 0 saturated heterocycles. The van der Waals surface area contributed by atoms with Gasteiger partial charge in [-0.2, -0.15) is 0 Å². The van der Waals surface area contributed by atoms with Gasteiger partial charge in [-0.15, -0.1) is 16.4 Å². The van der Waals surface area contributed by atoms with Crippen molar-refractivity contribution in [2.24, 2.45) is 5.92 Å². The fraction of sp³-hybridized carbons (Fsp3) is 0.400.